The fraction of sp³-hybridized carbons (Fsp3) is 0.156. The molecule has 0 bridgehead atoms. The normalized spacial score (nSPS) is 16.6. The zero-order valence-electron chi connectivity index (χ0n) is 21.3. The van der Waals surface area contributed by atoms with Crippen molar-refractivity contribution < 1.29 is 19.4 Å². The van der Waals surface area contributed by atoms with Gasteiger partial charge in [0.25, 0.3) is 11.7 Å². The Morgan fingerprint density at radius 1 is 0.921 bits per heavy atom. The molecule has 1 fully saturated rings. The highest BCUT2D eigenvalue weighted by Gasteiger charge is 2.47. The average Bonchev–Trinajstić information content (AvgIpc) is 3.23. The van der Waals surface area contributed by atoms with E-state index in [1.807, 2.05) is 61.5 Å². The number of hydrogen-bond donors (Lipinski definition) is 1. The van der Waals surface area contributed by atoms with Crippen molar-refractivity contribution in [3.8, 4) is 5.75 Å². The number of ether oxygens (including phenoxy) is 1. The molecule has 1 atom stereocenters. The van der Waals surface area contributed by atoms with Gasteiger partial charge in [-0.2, -0.15) is 0 Å². The van der Waals surface area contributed by atoms with E-state index in [4.69, 9.17) is 4.74 Å². The molecule has 6 nitrogen and oxygen atoms in total. The maximum Gasteiger partial charge on any atom is 0.300 e. The van der Waals surface area contributed by atoms with Crippen molar-refractivity contribution in [2.45, 2.75) is 32.9 Å². The first-order chi connectivity index (χ1) is 18.5. The fourth-order valence-corrected chi connectivity index (χ4v) is 4.66. The second-order valence-electron chi connectivity index (χ2n) is 9.20. The molecule has 1 aromatic heterocycles. The molecule has 6 heteroatoms. The van der Waals surface area contributed by atoms with Crippen LogP contribution in [0.2, 0.25) is 0 Å². The lowest BCUT2D eigenvalue weighted by atomic mass is 9.97. The van der Waals surface area contributed by atoms with Crippen LogP contribution in [0.1, 0.15) is 40.9 Å². The summed E-state index contributed by atoms with van der Waals surface area (Å²) in [6.07, 6.45) is 2.46. The number of nitrogens with zero attached hydrogens (tertiary/aromatic N) is 2. The van der Waals surface area contributed by atoms with E-state index >= 15 is 0 Å². The molecule has 38 heavy (non-hydrogen) atoms. The van der Waals surface area contributed by atoms with Crippen LogP contribution < -0.4 is 9.64 Å². The monoisotopic (exact) mass is 504 g/mol. The molecule has 1 N–H and O–H groups in total. The van der Waals surface area contributed by atoms with Crippen molar-refractivity contribution in [1.82, 2.24) is 4.98 Å². The molecule has 1 saturated heterocycles. The maximum absolute atomic E-state index is 13.4. The van der Waals surface area contributed by atoms with Gasteiger partial charge in [-0.05, 0) is 72.5 Å². The Hall–Kier alpha value is -4.71. The Kier molecular flexibility index (Phi) is 7.05. The molecule has 5 rings (SSSR count). The van der Waals surface area contributed by atoms with Crippen LogP contribution in [0, 0.1) is 6.92 Å². The first-order valence-electron chi connectivity index (χ1n) is 12.6. The Labute approximate surface area is 221 Å². The smallest absolute Gasteiger partial charge is 0.300 e. The van der Waals surface area contributed by atoms with E-state index in [-0.39, 0.29) is 11.3 Å². The van der Waals surface area contributed by atoms with Crippen LogP contribution in [-0.2, 0) is 22.6 Å². The number of amides is 1. The molecule has 3 aromatic carbocycles. The predicted molar refractivity (Wildman–Crippen MR) is 147 cm³/mol. The summed E-state index contributed by atoms with van der Waals surface area (Å²) in [7, 11) is 0. The van der Waals surface area contributed by atoms with Gasteiger partial charge < -0.3 is 9.84 Å². The summed E-state index contributed by atoms with van der Waals surface area (Å²) < 4.78 is 5.97. The quantitative estimate of drug-likeness (QED) is 0.185. The van der Waals surface area contributed by atoms with Gasteiger partial charge in [0.2, 0.25) is 0 Å². The Morgan fingerprint density at radius 2 is 1.66 bits per heavy atom. The molecular weight excluding hydrogens is 476 g/mol. The summed E-state index contributed by atoms with van der Waals surface area (Å²) in [6.45, 7) is 4.34. The van der Waals surface area contributed by atoms with Crippen LogP contribution in [0.5, 0.6) is 5.75 Å². The van der Waals surface area contributed by atoms with E-state index in [0.717, 1.165) is 23.1 Å². The molecule has 2 heterocycles. The van der Waals surface area contributed by atoms with Crippen LogP contribution in [-0.4, -0.2) is 21.8 Å². The number of carbonyl (C=O) groups is 2. The van der Waals surface area contributed by atoms with E-state index in [1.54, 1.807) is 42.6 Å². The lowest BCUT2D eigenvalue weighted by Gasteiger charge is -2.24. The molecule has 1 unspecified atom stereocenters. The second-order valence-corrected chi connectivity index (χ2v) is 9.20. The molecule has 1 aliphatic heterocycles. The van der Waals surface area contributed by atoms with Gasteiger partial charge >= 0.3 is 0 Å². The number of aliphatic hydroxyl groups is 1. The number of aromatic nitrogens is 1. The summed E-state index contributed by atoms with van der Waals surface area (Å²) in [5.74, 6) is -1.03. The van der Waals surface area contributed by atoms with E-state index in [2.05, 4.69) is 11.9 Å². The van der Waals surface area contributed by atoms with E-state index in [1.165, 1.54) is 4.90 Å². The first-order valence-corrected chi connectivity index (χ1v) is 12.6. The van der Waals surface area contributed by atoms with Crippen LogP contribution in [0.4, 0.5) is 5.69 Å². The SMILES string of the molecule is CCc1ccc(N2C(=O)C(=O)/C(=C(\O)c3ccc(OCc4ccccc4)c(C)c3)C2c2ccccn2)cc1. The van der Waals surface area contributed by atoms with Gasteiger partial charge in [-0.15, -0.1) is 0 Å². The number of pyridine rings is 1. The van der Waals surface area contributed by atoms with Crippen molar-refractivity contribution >= 4 is 23.1 Å². The summed E-state index contributed by atoms with van der Waals surface area (Å²) in [6, 6.07) is 27.0. The van der Waals surface area contributed by atoms with Crippen molar-refractivity contribution in [1.29, 1.82) is 0 Å². The molecule has 0 radical (unpaired) electrons. The fourth-order valence-electron chi connectivity index (χ4n) is 4.66. The number of hydrogen-bond acceptors (Lipinski definition) is 5. The molecule has 1 aliphatic rings. The number of ketones is 1. The third kappa shape index (κ3) is 4.81. The van der Waals surface area contributed by atoms with Crippen LogP contribution >= 0.6 is 0 Å². The van der Waals surface area contributed by atoms with Gasteiger partial charge in [-0.3, -0.25) is 19.5 Å². The van der Waals surface area contributed by atoms with E-state index in [9.17, 15) is 14.7 Å². The standard InChI is InChI=1S/C32H28N2O4/c1-3-22-12-15-25(16-13-22)34-29(26-11-7-8-18-33-26)28(31(36)32(34)37)30(35)24-14-17-27(21(2)19-24)38-20-23-9-5-4-6-10-23/h4-19,29,35H,3,20H2,1-2H3/b30-28-. The Bertz CT molecular complexity index is 1500. The molecule has 4 aromatic rings. The number of carbonyl (C=O) groups excluding carboxylic acids is 2. The first kappa shape index (κ1) is 25.0. The summed E-state index contributed by atoms with van der Waals surface area (Å²) in [4.78, 5) is 32.5. The number of benzene rings is 3. The highest BCUT2D eigenvalue weighted by Crippen LogP contribution is 2.41. The molecule has 0 spiro atoms. The number of Topliss-reactive ketones (excluding diaryl/α,β-unsaturated/α-hetero) is 1. The summed E-state index contributed by atoms with van der Waals surface area (Å²) >= 11 is 0. The van der Waals surface area contributed by atoms with Crippen LogP contribution in [0.15, 0.2) is 103 Å². The highest BCUT2D eigenvalue weighted by atomic mass is 16.5. The van der Waals surface area contributed by atoms with Gasteiger partial charge in [-0.1, -0.05) is 55.5 Å². The minimum absolute atomic E-state index is 0.00521. The minimum Gasteiger partial charge on any atom is -0.507 e. The Morgan fingerprint density at radius 3 is 2.32 bits per heavy atom. The second kappa shape index (κ2) is 10.7. The van der Waals surface area contributed by atoms with Crippen LogP contribution in [0.3, 0.4) is 0 Å². The molecule has 190 valence electrons. The van der Waals surface area contributed by atoms with Gasteiger partial charge in [0.1, 0.15) is 24.2 Å². The largest absolute Gasteiger partial charge is 0.507 e. The van der Waals surface area contributed by atoms with Gasteiger partial charge in [-0.25, -0.2) is 0 Å². The van der Waals surface area contributed by atoms with E-state index < -0.39 is 17.7 Å². The highest BCUT2D eigenvalue weighted by molar-refractivity contribution is 6.51. The molecular formula is C32H28N2O4. The van der Waals surface area contributed by atoms with Crippen molar-refractivity contribution in [2.75, 3.05) is 4.90 Å². The molecule has 0 saturated carbocycles. The zero-order chi connectivity index (χ0) is 26.6. The zero-order valence-corrected chi connectivity index (χ0v) is 21.3. The summed E-state index contributed by atoms with van der Waals surface area (Å²) in [5.41, 5.74) is 4.45. The van der Waals surface area contributed by atoms with Crippen molar-refractivity contribution in [2.24, 2.45) is 0 Å². The average molecular weight is 505 g/mol. The lowest BCUT2D eigenvalue weighted by Crippen LogP contribution is -2.29. The number of rotatable bonds is 7. The molecule has 1 amide bonds. The number of aryl methyl sites for hydroxylation is 2. The van der Waals surface area contributed by atoms with Gasteiger partial charge in [0, 0.05) is 17.4 Å². The number of aliphatic hydroxyl groups excluding tert-OH is 1. The topological polar surface area (TPSA) is 79.7 Å². The number of anilines is 1. The third-order valence-corrected chi connectivity index (χ3v) is 6.72. The van der Waals surface area contributed by atoms with Gasteiger partial charge in [0.05, 0.1) is 11.3 Å². The molecule has 0 aliphatic carbocycles. The van der Waals surface area contributed by atoms with Crippen molar-refractivity contribution in [3.05, 3.63) is 131 Å². The van der Waals surface area contributed by atoms with Gasteiger partial charge in [0.15, 0.2) is 0 Å². The third-order valence-electron chi connectivity index (χ3n) is 6.72. The Balaban J connectivity index is 1.54. The predicted octanol–water partition coefficient (Wildman–Crippen LogP) is 6.16. The maximum atomic E-state index is 13.4. The van der Waals surface area contributed by atoms with Crippen molar-refractivity contribution in [3.63, 3.8) is 0 Å². The minimum atomic E-state index is -0.863. The van der Waals surface area contributed by atoms with Crippen LogP contribution in [0.25, 0.3) is 5.76 Å². The lowest BCUT2D eigenvalue weighted by molar-refractivity contribution is -0.132. The van der Waals surface area contributed by atoms with E-state index in [0.29, 0.717) is 29.3 Å². The summed E-state index contributed by atoms with van der Waals surface area (Å²) in [5, 5.41) is 11.4.